The molecule has 0 saturated heterocycles. The van der Waals surface area contributed by atoms with E-state index in [1.54, 1.807) is 12.1 Å². The van der Waals surface area contributed by atoms with Crippen molar-refractivity contribution in [3.05, 3.63) is 27.2 Å². The van der Waals surface area contributed by atoms with Gasteiger partial charge in [-0.25, -0.2) is 0 Å². The van der Waals surface area contributed by atoms with Crippen LogP contribution in [0.3, 0.4) is 0 Å². The van der Waals surface area contributed by atoms with Crippen molar-refractivity contribution in [3.63, 3.8) is 0 Å². The number of aldehydes is 1. The van der Waals surface area contributed by atoms with Crippen LogP contribution in [0.4, 0.5) is 5.69 Å². The number of hydrogen-bond acceptors (Lipinski definition) is 2. The lowest BCUT2D eigenvalue weighted by molar-refractivity contribution is 0.112. The Morgan fingerprint density at radius 3 is 2.73 bits per heavy atom. The molecular weight excluding hydrogens is 229 g/mol. The second-order valence-corrected chi connectivity index (χ2v) is 3.22. The molecule has 0 aliphatic heterocycles. The maximum absolute atomic E-state index is 10.4. The quantitative estimate of drug-likeness (QED) is 0.599. The van der Waals surface area contributed by atoms with Crippen molar-refractivity contribution in [2.24, 2.45) is 0 Å². The van der Waals surface area contributed by atoms with Gasteiger partial charge in [-0.05, 0) is 28.1 Å². The highest BCUT2D eigenvalue weighted by molar-refractivity contribution is 9.10. The number of carbonyl (C=O) groups is 1. The van der Waals surface area contributed by atoms with Gasteiger partial charge < -0.3 is 5.73 Å². The van der Waals surface area contributed by atoms with Crippen LogP contribution in [0.15, 0.2) is 16.6 Å². The summed E-state index contributed by atoms with van der Waals surface area (Å²) in [4.78, 5) is 10.4. The molecule has 1 aromatic rings. The molecule has 58 valence electrons. The zero-order valence-electron chi connectivity index (χ0n) is 5.47. The number of rotatable bonds is 1. The van der Waals surface area contributed by atoms with Gasteiger partial charge in [-0.2, -0.15) is 0 Å². The maximum Gasteiger partial charge on any atom is 0.151 e. The molecule has 0 aliphatic carbocycles. The lowest BCUT2D eigenvalue weighted by Gasteiger charge is -2.00. The van der Waals surface area contributed by atoms with Crippen molar-refractivity contribution >= 4 is 39.5 Å². The van der Waals surface area contributed by atoms with Crippen molar-refractivity contribution in [1.82, 2.24) is 0 Å². The standard InChI is InChI=1S/C7H5BrClNO/c8-7-4(3-11)1-5(10)2-6(7)9/h1-3H,10H2. The van der Waals surface area contributed by atoms with E-state index in [9.17, 15) is 4.79 Å². The van der Waals surface area contributed by atoms with Gasteiger partial charge >= 0.3 is 0 Å². The topological polar surface area (TPSA) is 43.1 Å². The van der Waals surface area contributed by atoms with Crippen molar-refractivity contribution < 1.29 is 4.79 Å². The van der Waals surface area contributed by atoms with Crippen LogP contribution in [0, 0.1) is 0 Å². The third-order valence-electron chi connectivity index (χ3n) is 1.21. The Kier molecular flexibility index (Phi) is 2.52. The molecule has 4 heteroatoms. The Morgan fingerprint density at radius 1 is 1.55 bits per heavy atom. The Morgan fingerprint density at radius 2 is 2.18 bits per heavy atom. The second kappa shape index (κ2) is 3.24. The minimum Gasteiger partial charge on any atom is -0.399 e. The number of benzene rings is 1. The van der Waals surface area contributed by atoms with Crippen LogP contribution >= 0.6 is 27.5 Å². The van der Waals surface area contributed by atoms with E-state index in [4.69, 9.17) is 17.3 Å². The van der Waals surface area contributed by atoms with Crippen molar-refractivity contribution in [3.8, 4) is 0 Å². The van der Waals surface area contributed by atoms with Crippen molar-refractivity contribution in [1.29, 1.82) is 0 Å². The van der Waals surface area contributed by atoms with E-state index < -0.39 is 0 Å². The number of halogens is 2. The minimum atomic E-state index is 0.451. The summed E-state index contributed by atoms with van der Waals surface area (Å²) in [6, 6.07) is 3.14. The number of anilines is 1. The minimum absolute atomic E-state index is 0.451. The van der Waals surface area contributed by atoms with E-state index in [-0.39, 0.29) is 0 Å². The van der Waals surface area contributed by atoms with Crippen LogP contribution in [-0.2, 0) is 0 Å². The van der Waals surface area contributed by atoms with Gasteiger partial charge in [0, 0.05) is 15.7 Å². The number of nitrogen functional groups attached to an aromatic ring is 1. The van der Waals surface area contributed by atoms with Gasteiger partial charge in [0.2, 0.25) is 0 Å². The summed E-state index contributed by atoms with van der Waals surface area (Å²) in [7, 11) is 0. The monoisotopic (exact) mass is 233 g/mol. The van der Waals surface area contributed by atoms with Crippen molar-refractivity contribution in [2.45, 2.75) is 0 Å². The van der Waals surface area contributed by atoms with E-state index in [1.165, 1.54) is 0 Å². The molecule has 0 aliphatic rings. The van der Waals surface area contributed by atoms with E-state index in [1.807, 2.05) is 0 Å². The molecule has 0 amide bonds. The second-order valence-electron chi connectivity index (χ2n) is 2.02. The van der Waals surface area contributed by atoms with Crippen LogP contribution in [0.5, 0.6) is 0 Å². The molecule has 2 nitrogen and oxygen atoms in total. The van der Waals surface area contributed by atoms with Gasteiger partial charge in [0.05, 0.1) is 5.02 Å². The molecule has 2 N–H and O–H groups in total. The van der Waals surface area contributed by atoms with Crippen LogP contribution in [0.25, 0.3) is 0 Å². The summed E-state index contributed by atoms with van der Waals surface area (Å²) in [6.07, 6.45) is 0.701. The Bertz CT molecular complexity index is 301. The van der Waals surface area contributed by atoms with Crippen molar-refractivity contribution in [2.75, 3.05) is 5.73 Å². The zero-order chi connectivity index (χ0) is 8.43. The Balaban J connectivity index is 3.35. The van der Waals surface area contributed by atoms with Gasteiger partial charge in [-0.3, -0.25) is 4.79 Å². The van der Waals surface area contributed by atoms with E-state index in [2.05, 4.69) is 15.9 Å². The molecule has 0 atom stereocenters. The molecule has 0 aromatic heterocycles. The number of hydrogen-bond donors (Lipinski definition) is 1. The summed E-state index contributed by atoms with van der Waals surface area (Å²) in [6.45, 7) is 0. The summed E-state index contributed by atoms with van der Waals surface area (Å²) in [5.41, 5.74) is 6.39. The van der Waals surface area contributed by atoms with Gasteiger partial charge in [0.15, 0.2) is 6.29 Å². The van der Waals surface area contributed by atoms with E-state index in [0.29, 0.717) is 27.0 Å². The first-order chi connectivity index (χ1) is 5.15. The maximum atomic E-state index is 10.4. The molecular formula is C7H5BrClNO. The summed E-state index contributed by atoms with van der Waals surface area (Å²) < 4.78 is 0.586. The highest BCUT2D eigenvalue weighted by Gasteiger charge is 2.03. The van der Waals surface area contributed by atoms with Gasteiger partial charge in [0.1, 0.15) is 0 Å². The lowest BCUT2D eigenvalue weighted by Crippen LogP contribution is -1.89. The molecule has 1 rings (SSSR count). The predicted molar refractivity (Wildman–Crippen MR) is 49.0 cm³/mol. The Labute approximate surface area is 77.5 Å². The highest BCUT2D eigenvalue weighted by atomic mass is 79.9. The fraction of sp³-hybridized carbons (Fsp3) is 0. The molecule has 11 heavy (non-hydrogen) atoms. The SMILES string of the molecule is Nc1cc(Cl)c(Br)c(C=O)c1. The number of nitrogens with two attached hydrogens (primary N) is 1. The van der Waals surface area contributed by atoms with Crippen LogP contribution in [0.2, 0.25) is 5.02 Å². The first-order valence-electron chi connectivity index (χ1n) is 2.85. The summed E-state index contributed by atoms with van der Waals surface area (Å²) in [5.74, 6) is 0. The van der Waals surface area contributed by atoms with E-state index in [0.717, 1.165) is 0 Å². The van der Waals surface area contributed by atoms with Crippen LogP contribution < -0.4 is 5.73 Å². The third kappa shape index (κ3) is 1.73. The first kappa shape index (κ1) is 8.56. The molecule has 0 bridgehead atoms. The lowest BCUT2D eigenvalue weighted by atomic mass is 10.2. The largest absolute Gasteiger partial charge is 0.399 e. The normalized spacial score (nSPS) is 9.64. The molecule has 0 fully saturated rings. The molecule has 0 spiro atoms. The highest BCUT2D eigenvalue weighted by Crippen LogP contribution is 2.27. The van der Waals surface area contributed by atoms with Gasteiger partial charge in [0.25, 0.3) is 0 Å². The molecule has 0 unspecified atom stereocenters. The average Bonchev–Trinajstić information content (AvgIpc) is 1.96. The fourth-order valence-corrected chi connectivity index (χ4v) is 1.28. The molecule has 0 radical (unpaired) electrons. The molecule has 0 saturated carbocycles. The first-order valence-corrected chi connectivity index (χ1v) is 4.02. The van der Waals surface area contributed by atoms with Crippen LogP contribution in [-0.4, -0.2) is 6.29 Å². The number of carbonyl (C=O) groups excluding carboxylic acids is 1. The van der Waals surface area contributed by atoms with Crippen LogP contribution in [0.1, 0.15) is 10.4 Å². The van der Waals surface area contributed by atoms with Gasteiger partial charge in [-0.1, -0.05) is 11.6 Å². The smallest absolute Gasteiger partial charge is 0.151 e. The fourth-order valence-electron chi connectivity index (χ4n) is 0.718. The zero-order valence-corrected chi connectivity index (χ0v) is 7.82. The summed E-state index contributed by atoms with van der Waals surface area (Å²) in [5, 5.41) is 0.451. The van der Waals surface area contributed by atoms with E-state index >= 15 is 0 Å². The summed E-state index contributed by atoms with van der Waals surface area (Å²) >= 11 is 8.87. The molecule has 1 aromatic carbocycles. The molecule has 0 heterocycles. The Hall–Kier alpha value is -0.540. The average molecular weight is 234 g/mol. The predicted octanol–water partition coefficient (Wildman–Crippen LogP) is 2.50. The third-order valence-corrected chi connectivity index (χ3v) is 2.62. The van der Waals surface area contributed by atoms with Gasteiger partial charge in [-0.15, -0.1) is 0 Å².